The van der Waals surface area contributed by atoms with Gasteiger partial charge in [0.2, 0.25) is 5.91 Å². The van der Waals surface area contributed by atoms with Crippen LogP contribution in [-0.2, 0) is 11.2 Å². The number of nitrogens with zero attached hydrogens (tertiary/aromatic N) is 2. The lowest BCUT2D eigenvalue weighted by Crippen LogP contribution is -2.43. The molecule has 5 heteroatoms. The smallest absolute Gasteiger partial charge is 0.233 e. The van der Waals surface area contributed by atoms with Crippen molar-refractivity contribution in [3.8, 4) is 0 Å². The minimum atomic E-state index is -0.615. The van der Waals surface area contributed by atoms with Gasteiger partial charge in [-0.25, -0.2) is 0 Å². The van der Waals surface area contributed by atoms with Crippen LogP contribution in [0.1, 0.15) is 32.3 Å². The summed E-state index contributed by atoms with van der Waals surface area (Å²) in [5, 5.41) is 12.0. The summed E-state index contributed by atoms with van der Waals surface area (Å²) in [5.41, 5.74) is 6.74. The van der Waals surface area contributed by atoms with Gasteiger partial charge in [-0.1, -0.05) is 49.3 Å². The number of amidine groups is 1. The van der Waals surface area contributed by atoms with Gasteiger partial charge in [-0.3, -0.25) is 4.79 Å². The lowest BCUT2D eigenvalue weighted by molar-refractivity contribution is -0.133. The Morgan fingerprint density at radius 1 is 1.24 bits per heavy atom. The molecule has 1 aromatic rings. The van der Waals surface area contributed by atoms with Crippen molar-refractivity contribution in [3.05, 3.63) is 35.9 Å². The lowest BCUT2D eigenvalue weighted by atomic mass is 9.96. The zero-order valence-electron chi connectivity index (χ0n) is 12.8. The first-order valence-electron chi connectivity index (χ1n) is 7.44. The third-order valence-electron chi connectivity index (χ3n) is 3.35. The van der Waals surface area contributed by atoms with Crippen molar-refractivity contribution < 1.29 is 10.0 Å². The second-order valence-electron chi connectivity index (χ2n) is 5.09. The summed E-state index contributed by atoms with van der Waals surface area (Å²) >= 11 is 0. The molecule has 1 amide bonds. The van der Waals surface area contributed by atoms with Crippen molar-refractivity contribution in [3.63, 3.8) is 0 Å². The van der Waals surface area contributed by atoms with Crippen molar-refractivity contribution in [2.24, 2.45) is 16.8 Å². The molecular weight excluding hydrogens is 266 g/mol. The van der Waals surface area contributed by atoms with Crippen LogP contribution < -0.4 is 5.73 Å². The Balaban J connectivity index is 2.93. The Kier molecular flexibility index (Phi) is 7.29. The number of benzene rings is 1. The molecule has 0 heterocycles. The molecule has 1 aromatic carbocycles. The molecule has 5 nitrogen and oxygen atoms in total. The Morgan fingerprint density at radius 2 is 1.81 bits per heavy atom. The average Bonchev–Trinajstić information content (AvgIpc) is 2.52. The van der Waals surface area contributed by atoms with Gasteiger partial charge in [-0.05, 0) is 24.8 Å². The number of carbonyl (C=O) groups excluding carboxylic acids is 1. The highest BCUT2D eigenvalue weighted by atomic mass is 16.4. The third-order valence-corrected chi connectivity index (χ3v) is 3.35. The van der Waals surface area contributed by atoms with Gasteiger partial charge in [0.15, 0.2) is 5.84 Å². The molecule has 0 aliphatic carbocycles. The summed E-state index contributed by atoms with van der Waals surface area (Å²) in [7, 11) is 0. The molecule has 0 aliphatic rings. The predicted octanol–water partition coefficient (Wildman–Crippen LogP) is 2.24. The van der Waals surface area contributed by atoms with Crippen molar-refractivity contribution in [1.82, 2.24) is 4.90 Å². The zero-order chi connectivity index (χ0) is 15.7. The molecule has 0 spiro atoms. The molecule has 0 aromatic heterocycles. The highest BCUT2D eigenvalue weighted by molar-refractivity contribution is 6.02. The van der Waals surface area contributed by atoms with Crippen molar-refractivity contribution in [2.45, 2.75) is 33.1 Å². The first kappa shape index (κ1) is 17.0. The van der Waals surface area contributed by atoms with Crippen LogP contribution in [0.25, 0.3) is 0 Å². The van der Waals surface area contributed by atoms with Crippen LogP contribution in [0.15, 0.2) is 35.5 Å². The fourth-order valence-electron chi connectivity index (χ4n) is 2.33. The molecule has 0 aliphatic heterocycles. The van der Waals surface area contributed by atoms with Gasteiger partial charge in [0, 0.05) is 13.1 Å². The number of carbonyl (C=O) groups is 1. The number of rotatable bonds is 8. The van der Waals surface area contributed by atoms with E-state index in [4.69, 9.17) is 10.9 Å². The molecule has 1 rings (SSSR count). The molecule has 0 fully saturated rings. The quantitative estimate of drug-likeness (QED) is 0.334. The molecule has 1 atom stereocenters. The molecule has 21 heavy (non-hydrogen) atoms. The number of hydrogen-bond donors (Lipinski definition) is 2. The van der Waals surface area contributed by atoms with Crippen molar-refractivity contribution in [2.75, 3.05) is 13.1 Å². The van der Waals surface area contributed by atoms with E-state index >= 15 is 0 Å². The first-order chi connectivity index (χ1) is 10.1. The van der Waals surface area contributed by atoms with E-state index in [2.05, 4.69) is 5.16 Å². The summed E-state index contributed by atoms with van der Waals surface area (Å²) in [6, 6.07) is 9.63. The maximum Gasteiger partial charge on any atom is 0.233 e. The molecule has 0 radical (unpaired) electrons. The van der Waals surface area contributed by atoms with E-state index < -0.39 is 5.92 Å². The average molecular weight is 291 g/mol. The largest absolute Gasteiger partial charge is 0.409 e. The second kappa shape index (κ2) is 9.00. The topological polar surface area (TPSA) is 78.9 Å². The summed E-state index contributed by atoms with van der Waals surface area (Å²) in [6.07, 6.45) is 2.22. The fourth-order valence-corrected chi connectivity index (χ4v) is 2.33. The minimum absolute atomic E-state index is 0.0268. The van der Waals surface area contributed by atoms with Crippen LogP contribution in [0.4, 0.5) is 0 Å². The van der Waals surface area contributed by atoms with E-state index in [-0.39, 0.29) is 11.7 Å². The number of nitrogens with two attached hydrogens (primary N) is 1. The molecule has 3 N–H and O–H groups in total. The maximum absolute atomic E-state index is 12.7. The van der Waals surface area contributed by atoms with Gasteiger partial charge in [-0.15, -0.1) is 0 Å². The van der Waals surface area contributed by atoms with E-state index in [1.807, 2.05) is 44.2 Å². The zero-order valence-corrected chi connectivity index (χ0v) is 12.8. The number of amides is 1. The molecule has 1 unspecified atom stereocenters. The van der Waals surface area contributed by atoms with Gasteiger partial charge in [0.05, 0.1) is 0 Å². The van der Waals surface area contributed by atoms with Crippen LogP contribution in [0.5, 0.6) is 0 Å². The molecule has 0 bridgehead atoms. The van der Waals surface area contributed by atoms with Gasteiger partial charge in [0.1, 0.15) is 5.92 Å². The van der Waals surface area contributed by atoms with E-state index in [1.54, 1.807) is 4.90 Å². The molecule has 0 saturated carbocycles. The monoisotopic (exact) mass is 291 g/mol. The maximum atomic E-state index is 12.7. The van der Waals surface area contributed by atoms with Crippen LogP contribution in [0.2, 0.25) is 0 Å². The molecule has 116 valence electrons. The van der Waals surface area contributed by atoms with Gasteiger partial charge >= 0.3 is 0 Å². The highest BCUT2D eigenvalue weighted by Gasteiger charge is 2.27. The molecule has 0 saturated heterocycles. The van der Waals surface area contributed by atoms with Crippen molar-refractivity contribution >= 4 is 11.7 Å². The third kappa shape index (κ3) is 5.10. The van der Waals surface area contributed by atoms with Crippen molar-refractivity contribution in [1.29, 1.82) is 0 Å². The summed E-state index contributed by atoms with van der Waals surface area (Å²) in [6.45, 7) is 5.45. The lowest BCUT2D eigenvalue weighted by Gasteiger charge is -2.26. The van der Waals surface area contributed by atoms with Gasteiger partial charge < -0.3 is 15.8 Å². The van der Waals surface area contributed by atoms with E-state index in [0.717, 1.165) is 18.4 Å². The predicted molar refractivity (Wildman–Crippen MR) is 84.2 cm³/mol. The van der Waals surface area contributed by atoms with Crippen LogP contribution in [0.3, 0.4) is 0 Å². The Labute approximate surface area is 126 Å². The second-order valence-corrected chi connectivity index (χ2v) is 5.09. The Morgan fingerprint density at radius 3 is 2.29 bits per heavy atom. The summed E-state index contributed by atoms with van der Waals surface area (Å²) in [5.74, 6) is -0.714. The number of oxime groups is 1. The van der Waals surface area contributed by atoms with E-state index in [9.17, 15) is 4.79 Å². The number of hydrogen-bond acceptors (Lipinski definition) is 3. The van der Waals surface area contributed by atoms with E-state index in [1.165, 1.54) is 0 Å². The Hall–Kier alpha value is -2.04. The fraction of sp³-hybridized carbons (Fsp3) is 0.500. The van der Waals surface area contributed by atoms with Gasteiger partial charge in [-0.2, -0.15) is 0 Å². The van der Waals surface area contributed by atoms with Crippen LogP contribution >= 0.6 is 0 Å². The standard InChI is InChI=1S/C16H25N3O2/c1-3-10-19(11-4-2)16(20)14(15(17)18-21)12-13-8-6-5-7-9-13/h5-9,14,21H,3-4,10-12H2,1-2H3,(H2,17,18). The molecular formula is C16H25N3O2. The first-order valence-corrected chi connectivity index (χ1v) is 7.44. The van der Waals surface area contributed by atoms with Crippen LogP contribution in [-0.4, -0.2) is 34.9 Å². The summed E-state index contributed by atoms with van der Waals surface area (Å²) in [4.78, 5) is 14.5. The minimum Gasteiger partial charge on any atom is -0.409 e. The Bertz CT molecular complexity index is 454. The SMILES string of the molecule is CCCN(CCC)C(=O)C(Cc1ccccc1)C(N)=NO. The van der Waals surface area contributed by atoms with E-state index in [0.29, 0.717) is 19.5 Å². The summed E-state index contributed by atoms with van der Waals surface area (Å²) < 4.78 is 0. The van der Waals surface area contributed by atoms with Gasteiger partial charge in [0.25, 0.3) is 0 Å². The van der Waals surface area contributed by atoms with Crippen LogP contribution in [0, 0.1) is 5.92 Å². The normalized spacial score (nSPS) is 13.0. The highest BCUT2D eigenvalue weighted by Crippen LogP contribution is 2.13.